The third-order valence-corrected chi connectivity index (χ3v) is 4.23. The van der Waals surface area contributed by atoms with Gasteiger partial charge in [-0.1, -0.05) is 0 Å². The summed E-state index contributed by atoms with van der Waals surface area (Å²) in [4.78, 5) is 23.4. The number of fused-ring (bicyclic) bond motifs is 1. The Morgan fingerprint density at radius 3 is 2.88 bits per heavy atom. The lowest BCUT2D eigenvalue weighted by Crippen LogP contribution is -2.42. The van der Waals surface area contributed by atoms with Gasteiger partial charge in [0.1, 0.15) is 23.0 Å². The monoisotopic (exact) mass is 338 g/mol. The number of carbonyl (C=O) groups excluding carboxylic acids is 1. The molecule has 0 aliphatic carbocycles. The highest BCUT2D eigenvalue weighted by atomic mass is 16.5. The number of nitrogens with zero attached hydrogens (tertiary/aromatic N) is 5. The van der Waals surface area contributed by atoms with Crippen molar-refractivity contribution in [1.82, 2.24) is 30.3 Å². The van der Waals surface area contributed by atoms with Gasteiger partial charge in [0.15, 0.2) is 0 Å². The first kappa shape index (κ1) is 15.6. The molecule has 0 saturated carbocycles. The van der Waals surface area contributed by atoms with Crippen molar-refractivity contribution in [3.8, 4) is 0 Å². The van der Waals surface area contributed by atoms with E-state index < -0.39 is 0 Å². The zero-order chi connectivity index (χ0) is 17.4. The lowest BCUT2D eigenvalue weighted by molar-refractivity contribution is -0.0248. The first-order chi connectivity index (χ1) is 12.1. The molecule has 1 saturated heterocycles. The first-order valence-corrected chi connectivity index (χ1v) is 8.14. The van der Waals surface area contributed by atoms with E-state index >= 15 is 0 Å². The Morgan fingerprint density at radius 1 is 1.20 bits per heavy atom. The number of nitrogens with one attached hydrogen (secondary N) is 1. The van der Waals surface area contributed by atoms with Gasteiger partial charge < -0.3 is 9.64 Å². The van der Waals surface area contributed by atoms with Crippen molar-refractivity contribution in [1.29, 1.82) is 0 Å². The van der Waals surface area contributed by atoms with Gasteiger partial charge in [0, 0.05) is 17.8 Å². The molecule has 4 rings (SSSR count). The summed E-state index contributed by atoms with van der Waals surface area (Å²) >= 11 is 0. The van der Waals surface area contributed by atoms with Crippen LogP contribution in [0.5, 0.6) is 0 Å². The lowest BCUT2D eigenvalue weighted by Gasteiger charge is -2.32. The summed E-state index contributed by atoms with van der Waals surface area (Å²) in [5, 5.41) is 10.6. The van der Waals surface area contributed by atoms with Crippen LogP contribution in [0.2, 0.25) is 0 Å². The van der Waals surface area contributed by atoms with Gasteiger partial charge in [-0.3, -0.25) is 4.79 Å². The molecule has 1 aliphatic rings. The van der Waals surface area contributed by atoms with Crippen molar-refractivity contribution in [3.05, 3.63) is 47.0 Å². The van der Waals surface area contributed by atoms with E-state index in [9.17, 15) is 4.79 Å². The molecule has 0 bridgehead atoms. The maximum Gasteiger partial charge on any atom is 0.254 e. The van der Waals surface area contributed by atoms with Crippen LogP contribution in [0, 0.1) is 13.8 Å². The SMILES string of the molecule is Cc1cc([C@@H]2CN(C(=O)c3ccc4n[nH]nc4c3)CCO2)nc(C)n1. The summed E-state index contributed by atoms with van der Waals surface area (Å²) < 4.78 is 5.84. The van der Waals surface area contributed by atoms with Crippen molar-refractivity contribution >= 4 is 16.9 Å². The van der Waals surface area contributed by atoms with Crippen molar-refractivity contribution in [2.75, 3.05) is 19.7 Å². The second-order valence-electron chi connectivity index (χ2n) is 6.12. The number of benzene rings is 1. The second-order valence-corrected chi connectivity index (χ2v) is 6.12. The fourth-order valence-corrected chi connectivity index (χ4v) is 3.08. The van der Waals surface area contributed by atoms with E-state index in [1.54, 1.807) is 23.1 Å². The number of ether oxygens (including phenoxy) is 1. The van der Waals surface area contributed by atoms with Crippen LogP contribution in [0.1, 0.15) is 33.7 Å². The molecule has 128 valence electrons. The largest absolute Gasteiger partial charge is 0.368 e. The third kappa shape index (κ3) is 3.08. The van der Waals surface area contributed by atoms with Gasteiger partial charge in [-0.15, -0.1) is 0 Å². The Kier molecular flexibility index (Phi) is 3.89. The van der Waals surface area contributed by atoms with Crippen LogP contribution in [0.15, 0.2) is 24.3 Å². The quantitative estimate of drug-likeness (QED) is 0.762. The van der Waals surface area contributed by atoms with Crippen molar-refractivity contribution in [2.45, 2.75) is 20.0 Å². The second kappa shape index (κ2) is 6.21. The predicted molar refractivity (Wildman–Crippen MR) is 90.0 cm³/mol. The summed E-state index contributed by atoms with van der Waals surface area (Å²) in [6.07, 6.45) is -0.242. The predicted octanol–water partition coefficient (Wildman–Crippen LogP) is 1.58. The molecule has 3 heterocycles. The molecular weight excluding hydrogens is 320 g/mol. The number of rotatable bonds is 2. The Balaban J connectivity index is 1.56. The van der Waals surface area contributed by atoms with E-state index in [-0.39, 0.29) is 12.0 Å². The molecule has 1 N–H and O–H groups in total. The summed E-state index contributed by atoms with van der Waals surface area (Å²) in [6.45, 7) is 5.28. The van der Waals surface area contributed by atoms with Crippen LogP contribution in [-0.2, 0) is 4.74 Å². The zero-order valence-corrected chi connectivity index (χ0v) is 14.1. The number of amides is 1. The fourth-order valence-electron chi connectivity index (χ4n) is 3.08. The molecule has 2 aromatic heterocycles. The first-order valence-electron chi connectivity index (χ1n) is 8.14. The lowest BCUT2D eigenvalue weighted by atomic mass is 10.1. The van der Waals surface area contributed by atoms with Crippen LogP contribution in [0.4, 0.5) is 0 Å². The summed E-state index contributed by atoms with van der Waals surface area (Å²) in [5.41, 5.74) is 3.72. The van der Waals surface area contributed by atoms with Crippen LogP contribution in [0.3, 0.4) is 0 Å². The van der Waals surface area contributed by atoms with E-state index in [1.165, 1.54) is 0 Å². The highest BCUT2D eigenvalue weighted by Crippen LogP contribution is 2.23. The molecule has 1 fully saturated rings. The number of aromatic amines is 1. The minimum absolute atomic E-state index is 0.0410. The molecule has 0 spiro atoms. The molecule has 0 radical (unpaired) electrons. The Bertz CT molecular complexity index is 918. The van der Waals surface area contributed by atoms with Gasteiger partial charge in [0.05, 0.1) is 18.8 Å². The zero-order valence-electron chi connectivity index (χ0n) is 14.1. The molecule has 25 heavy (non-hydrogen) atoms. The van der Waals surface area contributed by atoms with E-state index in [1.807, 2.05) is 19.9 Å². The number of hydrogen-bond acceptors (Lipinski definition) is 6. The maximum absolute atomic E-state index is 12.9. The number of morpholine rings is 1. The molecule has 1 aromatic carbocycles. The van der Waals surface area contributed by atoms with Gasteiger partial charge in [-0.05, 0) is 38.1 Å². The summed E-state index contributed by atoms with van der Waals surface area (Å²) in [6, 6.07) is 7.23. The number of hydrogen-bond donors (Lipinski definition) is 1. The number of aromatic nitrogens is 5. The van der Waals surface area contributed by atoms with Gasteiger partial charge in [-0.25, -0.2) is 9.97 Å². The average Bonchev–Trinajstić information content (AvgIpc) is 3.08. The number of H-pyrrole nitrogens is 1. The number of aryl methyl sites for hydroxylation is 2. The summed E-state index contributed by atoms with van der Waals surface area (Å²) in [7, 11) is 0. The Hall–Kier alpha value is -2.87. The standard InChI is InChI=1S/C17H18N6O2/c1-10-7-15(19-11(2)18-10)16-9-23(5-6-25-16)17(24)12-3-4-13-14(8-12)21-22-20-13/h3-4,7-8,16H,5-6,9H2,1-2H3,(H,20,21,22)/t16-/m0/s1. The minimum Gasteiger partial charge on any atom is -0.368 e. The minimum atomic E-state index is -0.242. The summed E-state index contributed by atoms with van der Waals surface area (Å²) in [5.74, 6) is 0.666. The third-order valence-electron chi connectivity index (χ3n) is 4.23. The van der Waals surface area contributed by atoms with Gasteiger partial charge in [-0.2, -0.15) is 15.4 Å². The Labute approximate surface area is 144 Å². The number of carbonyl (C=O) groups is 1. The fraction of sp³-hybridized carbons (Fsp3) is 0.353. The van der Waals surface area contributed by atoms with E-state index in [2.05, 4.69) is 25.4 Å². The molecule has 8 nitrogen and oxygen atoms in total. The molecule has 1 amide bonds. The Morgan fingerprint density at radius 2 is 2.04 bits per heavy atom. The molecule has 0 unspecified atom stereocenters. The van der Waals surface area contributed by atoms with Crippen molar-refractivity contribution in [3.63, 3.8) is 0 Å². The normalized spacial score (nSPS) is 17.8. The van der Waals surface area contributed by atoms with Crippen molar-refractivity contribution < 1.29 is 9.53 Å². The van der Waals surface area contributed by atoms with Gasteiger partial charge >= 0.3 is 0 Å². The van der Waals surface area contributed by atoms with Gasteiger partial charge in [0.2, 0.25) is 0 Å². The molecule has 3 aromatic rings. The van der Waals surface area contributed by atoms with E-state index in [0.717, 1.165) is 16.9 Å². The van der Waals surface area contributed by atoms with Crippen LogP contribution >= 0.6 is 0 Å². The van der Waals surface area contributed by atoms with Crippen LogP contribution in [-0.4, -0.2) is 55.9 Å². The molecule has 8 heteroatoms. The molecule has 1 atom stereocenters. The highest BCUT2D eigenvalue weighted by Gasteiger charge is 2.27. The van der Waals surface area contributed by atoms with Crippen LogP contribution in [0.25, 0.3) is 11.0 Å². The van der Waals surface area contributed by atoms with E-state index in [4.69, 9.17) is 4.74 Å². The smallest absolute Gasteiger partial charge is 0.254 e. The topological polar surface area (TPSA) is 96.9 Å². The van der Waals surface area contributed by atoms with Gasteiger partial charge in [0.25, 0.3) is 5.91 Å². The highest BCUT2D eigenvalue weighted by molar-refractivity contribution is 5.97. The molecule has 1 aliphatic heterocycles. The van der Waals surface area contributed by atoms with Crippen molar-refractivity contribution in [2.24, 2.45) is 0 Å². The molecular formula is C17H18N6O2. The van der Waals surface area contributed by atoms with E-state index in [0.29, 0.717) is 36.6 Å². The maximum atomic E-state index is 12.9. The average molecular weight is 338 g/mol. The van der Waals surface area contributed by atoms with Crippen LogP contribution < -0.4 is 0 Å².